The average Bonchev–Trinajstić information content (AvgIpc) is 4.00. The Bertz CT molecular complexity index is 3750. The smallest absolute Gasteiger partial charge is 0.145 e. The number of hydrogen-bond donors (Lipinski definition) is 0. The van der Waals surface area contributed by atoms with E-state index in [-0.39, 0.29) is 0 Å². The van der Waals surface area contributed by atoms with E-state index in [0.717, 1.165) is 110 Å². The number of benzene rings is 8. The third-order valence-electron chi connectivity index (χ3n) is 11.4. The number of furan rings is 2. The molecule has 12 rings (SSSR count). The van der Waals surface area contributed by atoms with Gasteiger partial charge in [-0.1, -0.05) is 91.0 Å². The molecule has 0 amide bonds. The Balaban J connectivity index is 1.24. The second-order valence-corrected chi connectivity index (χ2v) is 14.2. The molecule has 8 aromatic carbocycles. The number of hydrogen-bond acceptors (Lipinski definition) is 4. The van der Waals surface area contributed by atoms with Crippen molar-refractivity contribution >= 4 is 87.5 Å². The lowest BCUT2D eigenvalue weighted by molar-refractivity contribution is 0.669. The Morgan fingerprint density at radius 3 is 1.93 bits per heavy atom. The summed E-state index contributed by atoms with van der Waals surface area (Å²) in [6.45, 7) is 0. The summed E-state index contributed by atoms with van der Waals surface area (Å²) >= 11 is 0. The van der Waals surface area contributed by atoms with E-state index in [4.69, 9.17) is 8.83 Å². The van der Waals surface area contributed by atoms with Crippen molar-refractivity contribution in [2.75, 3.05) is 0 Å². The molecule has 0 aliphatic carbocycles. The summed E-state index contributed by atoms with van der Waals surface area (Å²) in [7, 11) is 0. The molecule has 258 valence electrons. The Kier molecular flexibility index (Phi) is 6.10. The van der Waals surface area contributed by atoms with E-state index in [1.807, 2.05) is 78.9 Å². The molecule has 0 atom stereocenters. The molecular weight excluding hydrogens is 689 g/mol. The van der Waals surface area contributed by atoms with Gasteiger partial charge < -0.3 is 18.0 Å². The monoisotopic (exact) mass is 714 g/mol. The highest BCUT2D eigenvalue weighted by atomic mass is 16.3. The minimum absolute atomic E-state index is 0.524. The fraction of sp³-hybridized carbons (Fsp3) is 0. The van der Waals surface area contributed by atoms with Gasteiger partial charge in [-0.05, 0) is 66.7 Å². The van der Waals surface area contributed by atoms with Crippen LogP contribution in [0.4, 0.5) is 0 Å². The van der Waals surface area contributed by atoms with Crippen molar-refractivity contribution in [1.29, 1.82) is 10.5 Å². The third kappa shape index (κ3) is 3.97. The van der Waals surface area contributed by atoms with E-state index >= 15 is 0 Å². The zero-order valence-electron chi connectivity index (χ0n) is 29.6. The van der Waals surface area contributed by atoms with Gasteiger partial charge in [-0.25, -0.2) is 0 Å². The largest absolute Gasteiger partial charge is 0.456 e. The molecule has 0 radical (unpaired) electrons. The van der Waals surface area contributed by atoms with Gasteiger partial charge in [0.1, 0.15) is 28.4 Å². The molecule has 0 bridgehead atoms. The van der Waals surface area contributed by atoms with Gasteiger partial charge in [-0.3, -0.25) is 0 Å². The number of nitrogens with zero attached hydrogens (tertiary/aromatic N) is 4. The van der Waals surface area contributed by atoms with Gasteiger partial charge in [-0.15, -0.1) is 0 Å². The van der Waals surface area contributed by atoms with Crippen molar-refractivity contribution in [2.45, 2.75) is 0 Å². The lowest BCUT2D eigenvalue weighted by Gasteiger charge is -2.20. The molecule has 0 aliphatic heterocycles. The summed E-state index contributed by atoms with van der Waals surface area (Å²) in [6, 6.07) is 58.1. The first kappa shape index (κ1) is 30.4. The predicted molar refractivity (Wildman–Crippen MR) is 225 cm³/mol. The number of fused-ring (bicyclic) bond motifs is 14. The minimum Gasteiger partial charge on any atom is -0.456 e. The second-order valence-electron chi connectivity index (χ2n) is 14.2. The summed E-state index contributed by atoms with van der Waals surface area (Å²) in [6.07, 6.45) is 0. The van der Waals surface area contributed by atoms with Crippen LogP contribution in [-0.2, 0) is 0 Å². The van der Waals surface area contributed by atoms with Crippen LogP contribution in [0.2, 0.25) is 0 Å². The lowest BCUT2D eigenvalue weighted by atomic mass is 9.96. The van der Waals surface area contributed by atoms with Gasteiger partial charge in [0, 0.05) is 43.4 Å². The molecule has 6 nitrogen and oxygen atoms in total. The third-order valence-corrected chi connectivity index (χ3v) is 11.4. The minimum atomic E-state index is 0.524. The van der Waals surface area contributed by atoms with Crippen LogP contribution in [-0.4, -0.2) is 9.13 Å². The van der Waals surface area contributed by atoms with Gasteiger partial charge in [-0.2, -0.15) is 10.5 Å². The maximum atomic E-state index is 10.9. The van der Waals surface area contributed by atoms with Crippen LogP contribution in [0.5, 0.6) is 0 Å². The first-order valence-corrected chi connectivity index (χ1v) is 18.5. The summed E-state index contributed by atoms with van der Waals surface area (Å²) in [5.74, 6) is 0. The van der Waals surface area contributed by atoms with E-state index in [2.05, 4.69) is 100 Å². The fourth-order valence-corrected chi connectivity index (χ4v) is 9.10. The maximum absolute atomic E-state index is 10.9. The molecule has 0 fully saturated rings. The molecular formula is C50H26N4O2. The molecule has 0 unspecified atom stereocenters. The van der Waals surface area contributed by atoms with Gasteiger partial charge in [0.2, 0.25) is 0 Å². The topological polar surface area (TPSA) is 83.7 Å². The Labute approximate surface area is 318 Å². The van der Waals surface area contributed by atoms with Crippen molar-refractivity contribution in [3.63, 3.8) is 0 Å². The van der Waals surface area contributed by atoms with Gasteiger partial charge >= 0.3 is 0 Å². The zero-order valence-corrected chi connectivity index (χ0v) is 29.6. The molecule has 0 N–H and O–H groups in total. The number of para-hydroxylation sites is 5. The van der Waals surface area contributed by atoms with Crippen molar-refractivity contribution in [3.05, 3.63) is 169 Å². The molecule has 0 aliphatic rings. The van der Waals surface area contributed by atoms with Crippen LogP contribution in [0.25, 0.3) is 110 Å². The van der Waals surface area contributed by atoms with Crippen LogP contribution >= 0.6 is 0 Å². The average molecular weight is 715 g/mol. The second kappa shape index (κ2) is 11.2. The molecule has 0 spiro atoms. The van der Waals surface area contributed by atoms with E-state index in [9.17, 15) is 10.5 Å². The highest BCUT2D eigenvalue weighted by molar-refractivity contribution is 6.26. The lowest BCUT2D eigenvalue weighted by Crippen LogP contribution is -2.04. The highest BCUT2D eigenvalue weighted by Gasteiger charge is 2.26. The summed E-state index contributed by atoms with van der Waals surface area (Å²) in [4.78, 5) is 0. The maximum Gasteiger partial charge on any atom is 0.145 e. The zero-order chi connectivity index (χ0) is 37.1. The van der Waals surface area contributed by atoms with Crippen LogP contribution in [0.3, 0.4) is 0 Å². The number of rotatable bonds is 3. The van der Waals surface area contributed by atoms with Gasteiger partial charge in [0.15, 0.2) is 0 Å². The first-order valence-electron chi connectivity index (χ1n) is 18.5. The van der Waals surface area contributed by atoms with Crippen LogP contribution in [0, 0.1) is 22.7 Å². The summed E-state index contributed by atoms with van der Waals surface area (Å²) < 4.78 is 17.5. The standard InChI is InChI=1S/C50H26N4O2/c51-27-29-20-21-32(42(26-29)54-39-16-5-1-11-31(39)35-23-25-45-47(49(35)54)38-14-4-8-19-44(38)55-45)34-15-9-10-30(28-52)48(34)53-40-17-6-2-13-37(40)46-41(53)24-22-36-33-12-3-7-18-43(33)56-50(36)46/h1-26H. The van der Waals surface area contributed by atoms with Crippen LogP contribution in [0.15, 0.2) is 167 Å². The van der Waals surface area contributed by atoms with E-state index in [0.29, 0.717) is 11.1 Å². The molecule has 4 aromatic heterocycles. The van der Waals surface area contributed by atoms with Crippen molar-refractivity contribution in [1.82, 2.24) is 9.13 Å². The van der Waals surface area contributed by atoms with Gasteiger partial charge in [0.05, 0.1) is 61.4 Å². The van der Waals surface area contributed by atoms with Crippen LogP contribution < -0.4 is 0 Å². The fourth-order valence-electron chi connectivity index (χ4n) is 9.10. The predicted octanol–water partition coefficient (Wildman–Crippen LogP) is 13.1. The molecule has 56 heavy (non-hydrogen) atoms. The van der Waals surface area contributed by atoms with Crippen molar-refractivity contribution in [3.8, 4) is 34.6 Å². The number of nitriles is 2. The van der Waals surface area contributed by atoms with E-state index < -0.39 is 0 Å². The first-order chi connectivity index (χ1) is 27.7. The van der Waals surface area contributed by atoms with E-state index in [1.165, 1.54) is 0 Å². The molecule has 6 heteroatoms. The van der Waals surface area contributed by atoms with Crippen molar-refractivity contribution in [2.24, 2.45) is 0 Å². The van der Waals surface area contributed by atoms with Crippen LogP contribution in [0.1, 0.15) is 11.1 Å². The van der Waals surface area contributed by atoms with Crippen molar-refractivity contribution < 1.29 is 8.83 Å². The Hall–Kier alpha value is -8.06. The number of aromatic nitrogens is 2. The molecule has 0 saturated carbocycles. The molecule has 4 heterocycles. The SMILES string of the molecule is N#Cc1ccc(-c2cccc(C#N)c2-n2c3ccccc3c3c4oc5ccccc5c4ccc32)c(-n2c3ccccc3c3ccc4oc5ccccc5c4c32)c1. The molecule has 0 saturated heterocycles. The normalized spacial score (nSPS) is 11.9. The Morgan fingerprint density at radius 1 is 0.429 bits per heavy atom. The molecule has 12 aromatic rings. The van der Waals surface area contributed by atoms with E-state index in [1.54, 1.807) is 0 Å². The summed E-state index contributed by atoms with van der Waals surface area (Å²) in [5.41, 5.74) is 11.5. The van der Waals surface area contributed by atoms with Gasteiger partial charge in [0.25, 0.3) is 0 Å². The Morgan fingerprint density at radius 2 is 1.12 bits per heavy atom. The summed E-state index contributed by atoms with van der Waals surface area (Å²) in [5, 5.41) is 29.6. The highest BCUT2D eigenvalue weighted by Crippen LogP contribution is 2.46. The quantitative estimate of drug-likeness (QED) is 0.182.